The summed E-state index contributed by atoms with van der Waals surface area (Å²) in [5.74, 6) is 2.46. The summed E-state index contributed by atoms with van der Waals surface area (Å²) in [6.45, 7) is 8.43. The Morgan fingerprint density at radius 2 is 1.67 bits per heavy atom. The van der Waals surface area contributed by atoms with Crippen LogP contribution < -0.4 is 10.6 Å². The first-order valence-corrected chi connectivity index (χ1v) is 7.14. The second kappa shape index (κ2) is 6.08. The van der Waals surface area contributed by atoms with Crippen LogP contribution in [-0.4, -0.2) is 22.0 Å². The van der Waals surface area contributed by atoms with E-state index < -0.39 is 0 Å². The van der Waals surface area contributed by atoms with E-state index in [4.69, 9.17) is 0 Å². The lowest BCUT2D eigenvalue weighted by molar-refractivity contribution is 0.546. The largest absolute Gasteiger partial charge is 0.373 e. The van der Waals surface area contributed by atoms with Gasteiger partial charge in [-0.05, 0) is 24.6 Å². The number of pyridine rings is 1. The van der Waals surface area contributed by atoms with Gasteiger partial charge in [-0.2, -0.15) is 0 Å². The molecule has 112 valence electrons. The molecule has 0 aliphatic carbocycles. The summed E-state index contributed by atoms with van der Waals surface area (Å²) in [6, 6.07) is 6.08. The van der Waals surface area contributed by atoms with Crippen molar-refractivity contribution < 1.29 is 0 Å². The van der Waals surface area contributed by atoms with Gasteiger partial charge in [-0.3, -0.25) is 4.98 Å². The van der Waals surface area contributed by atoms with Gasteiger partial charge in [0.2, 0.25) is 0 Å². The Bertz CT molecular complexity index is 589. The van der Waals surface area contributed by atoms with Gasteiger partial charge in [-0.25, -0.2) is 9.97 Å². The standard InChI is InChI=1S/C16H23N5/c1-11(12-6-8-18-9-7-12)19-14-10-13(17-5)20-15(21-14)16(2,3)4/h6-11H,1-5H3,(H2,17,19,20,21). The van der Waals surface area contributed by atoms with Gasteiger partial charge < -0.3 is 10.6 Å². The van der Waals surface area contributed by atoms with Crippen molar-refractivity contribution in [1.82, 2.24) is 15.0 Å². The van der Waals surface area contributed by atoms with E-state index in [9.17, 15) is 0 Å². The first-order valence-electron chi connectivity index (χ1n) is 7.14. The van der Waals surface area contributed by atoms with Crippen LogP contribution in [0.15, 0.2) is 30.6 Å². The zero-order chi connectivity index (χ0) is 15.5. The van der Waals surface area contributed by atoms with Crippen molar-refractivity contribution in [3.63, 3.8) is 0 Å². The highest BCUT2D eigenvalue weighted by Crippen LogP contribution is 2.24. The molecule has 0 aliphatic rings. The van der Waals surface area contributed by atoms with E-state index in [0.29, 0.717) is 0 Å². The van der Waals surface area contributed by atoms with E-state index in [2.05, 4.69) is 53.3 Å². The molecule has 2 N–H and O–H groups in total. The third-order valence-corrected chi connectivity index (χ3v) is 3.22. The quantitative estimate of drug-likeness (QED) is 0.901. The third kappa shape index (κ3) is 3.90. The van der Waals surface area contributed by atoms with Gasteiger partial charge in [0.25, 0.3) is 0 Å². The molecule has 0 aliphatic heterocycles. The maximum absolute atomic E-state index is 4.64. The van der Waals surface area contributed by atoms with Gasteiger partial charge in [0.15, 0.2) is 0 Å². The van der Waals surface area contributed by atoms with Crippen LogP contribution in [0, 0.1) is 0 Å². The molecule has 0 spiro atoms. The number of anilines is 2. The van der Waals surface area contributed by atoms with E-state index in [1.807, 2.05) is 25.2 Å². The minimum atomic E-state index is -0.0941. The van der Waals surface area contributed by atoms with Crippen molar-refractivity contribution >= 4 is 11.6 Å². The average molecular weight is 285 g/mol. The minimum Gasteiger partial charge on any atom is -0.373 e. The summed E-state index contributed by atoms with van der Waals surface area (Å²) in [7, 11) is 1.87. The first-order chi connectivity index (χ1) is 9.90. The van der Waals surface area contributed by atoms with E-state index in [0.717, 1.165) is 17.5 Å². The molecule has 1 atom stereocenters. The number of nitrogens with zero attached hydrogens (tertiary/aromatic N) is 3. The Balaban J connectivity index is 2.27. The van der Waals surface area contributed by atoms with Gasteiger partial charge in [0.1, 0.15) is 17.5 Å². The second-order valence-corrected chi connectivity index (χ2v) is 6.11. The number of nitrogens with one attached hydrogen (secondary N) is 2. The highest BCUT2D eigenvalue weighted by atomic mass is 15.1. The van der Waals surface area contributed by atoms with Crippen LogP contribution in [0.3, 0.4) is 0 Å². The molecule has 21 heavy (non-hydrogen) atoms. The van der Waals surface area contributed by atoms with Crippen LogP contribution in [0.5, 0.6) is 0 Å². The van der Waals surface area contributed by atoms with Gasteiger partial charge in [-0.15, -0.1) is 0 Å². The molecule has 0 saturated carbocycles. The van der Waals surface area contributed by atoms with Crippen molar-refractivity contribution in [2.45, 2.75) is 39.2 Å². The van der Waals surface area contributed by atoms with Gasteiger partial charge in [0.05, 0.1) is 6.04 Å². The summed E-state index contributed by atoms with van der Waals surface area (Å²) >= 11 is 0. The van der Waals surface area contributed by atoms with E-state index in [-0.39, 0.29) is 11.5 Å². The minimum absolute atomic E-state index is 0.0941. The van der Waals surface area contributed by atoms with E-state index in [1.165, 1.54) is 5.56 Å². The fraction of sp³-hybridized carbons (Fsp3) is 0.438. The molecule has 2 aromatic rings. The van der Waals surface area contributed by atoms with Crippen molar-refractivity contribution in [3.05, 3.63) is 42.0 Å². The highest BCUT2D eigenvalue weighted by molar-refractivity contribution is 5.49. The lowest BCUT2D eigenvalue weighted by Gasteiger charge is -2.20. The maximum atomic E-state index is 4.64. The Morgan fingerprint density at radius 3 is 2.24 bits per heavy atom. The second-order valence-electron chi connectivity index (χ2n) is 6.11. The predicted octanol–water partition coefficient (Wildman–Crippen LogP) is 3.38. The Hall–Kier alpha value is -2.17. The smallest absolute Gasteiger partial charge is 0.138 e. The topological polar surface area (TPSA) is 62.7 Å². The average Bonchev–Trinajstić information content (AvgIpc) is 2.46. The van der Waals surface area contributed by atoms with E-state index >= 15 is 0 Å². The lowest BCUT2D eigenvalue weighted by atomic mass is 9.96. The molecule has 0 fully saturated rings. The number of rotatable bonds is 4. The number of hydrogen-bond donors (Lipinski definition) is 2. The van der Waals surface area contributed by atoms with Crippen LogP contribution in [0.2, 0.25) is 0 Å². The Morgan fingerprint density at radius 1 is 1.05 bits per heavy atom. The van der Waals surface area contributed by atoms with Crippen LogP contribution >= 0.6 is 0 Å². The van der Waals surface area contributed by atoms with Gasteiger partial charge in [0, 0.05) is 30.9 Å². The summed E-state index contributed by atoms with van der Waals surface area (Å²) in [4.78, 5) is 13.2. The number of hydrogen-bond acceptors (Lipinski definition) is 5. The molecule has 2 heterocycles. The summed E-state index contributed by atoms with van der Waals surface area (Å²) in [5, 5.41) is 6.52. The Kier molecular flexibility index (Phi) is 4.40. The van der Waals surface area contributed by atoms with E-state index in [1.54, 1.807) is 12.4 Å². The molecule has 2 rings (SSSR count). The van der Waals surface area contributed by atoms with Gasteiger partial charge >= 0.3 is 0 Å². The molecule has 0 bridgehead atoms. The molecular formula is C16H23N5. The SMILES string of the molecule is CNc1cc(NC(C)c2ccncc2)nc(C(C)(C)C)n1. The molecule has 0 aromatic carbocycles. The van der Waals surface area contributed by atoms with Crippen LogP contribution in [-0.2, 0) is 5.41 Å². The molecule has 2 aromatic heterocycles. The zero-order valence-corrected chi connectivity index (χ0v) is 13.3. The van der Waals surface area contributed by atoms with Crippen LogP contribution in [0.1, 0.15) is 45.1 Å². The summed E-state index contributed by atoms with van der Waals surface area (Å²) in [6.07, 6.45) is 3.60. The molecular weight excluding hydrogens is 262 g/mol. The molecule has 5 nitrogen and oxygen atoms in total. The maximum Gasteiger partial charge on any atom is 0.138 e. The van der Waals surface area contributed by atoms with Crippen LogP contribution in [0.4, 0.5) is 11.6 Å². The third-order valence-electron chi connectivity index (χ3n) is 3.22. The fourth-order valence-electron chi connectivity index (χ4n) is 1.94. The van der Waals surface area contributed by atoms with Crippen molar-refractivity contribution in [3.8, 4) is 0 Å². The van der Waals surface area contributed by atoms with Crippen molar-refractivity contribution in [2.24, 2.45) is 0 Å². The molecule has 5 heteroatoms. The predicted molar refractivity (Wildman–Crippen MR) is 86.6 cm³/mol. The lowest BCUT2D eigenvalue weighted by Crippen LogP contribution is -2.19. The van der Waals surface area contributed by atoms with Crippen molar-refractivity contribution in [1.29, 1.82) is 0 Å². The normalized spacial score (nSPS) is 12.8. The summed E-state index contributed by atoms with van der Waals surface area (Å²) in [5.41, 5.74) is 1.08. The zero-order valence-electron chi connectivity index (χ0n) is 13.3. The summed E-state index contributed by atoms with van der Waals surface area (Å²) < 4.78 is 0. The van der Waals surface area contributed by atoms with Crippen molar-refractivity contribution in [2.75, 3.05) is 17.7 Å². The Labute approximate surface area is 126 Å². The number of aromatic nitrogens is 3. The molecule has 1 unspecified atom stereocenters. The molecule has 0 radical (unpaired) electrons. The first kappa shape index (κ1) is 15.2. The highest BCUT2D eigenvalue weighted by Gasteiger charge is 2.19. The molecule has 0 amide bonds. The van der Waals surface area contributed by atoms with Crippen LogP contribution in [0.25, 0.3) is 0 Å². The fourth-order valence-corrected chi connectivity index (χ4v) is 1.94. The van der Waals surface area contributed by atoms with Gasteiger partial charge in [-0.1, -0.05) is 20.8 Å². The monoisotopic (exact) mass is 285 g/mol. The molecule has 0 saturated heterocycles.